The van der Waals surface area contributed by atoms with Gasteiger partial charge in [0.15, 0.2) is 5.16 Å². The van der Waals surface area contributed by atoms with Crippen LogP contribution in [-0.2, 0) is 6.54 Å². The molecule has 3 aromatic rings. The number of hydrogen-bond donors (Lipinski definition) is 1. The number of urea groups is 1. The van der Waals surface area contributed by atoms with Crippen LogP contribution < -0.4 is 5.32 Å². The fourth-order valence-electron chi connectivity index (χ4n) is 2.49. The van der Waals surface area contributed by atoms with Crippen molar-refractivity contribution in [3.8, 4) is 0 Å². The van der Waals surface area contributed by atoms with Crippen molar-refractivity contribution in [2.24, 2.45) is 0 Å². The molecule has 0 atom stereocenters. The molecule has 1 N–H and O–H groups in total. The van der Waals surface area contributed by atoms with Crippen molar-refractivity contribution in [1.82, 2.24) is 14.9 Å². The molecule has 0 saturated carbocycles. The Hall–Kier alpha value is -2.28. The summed E-state index contributed by atoms with van der Waals surface area (Å²) in [5.41, 5.74) is 2.48. The van der Waals surface area contributed by atoms with Crippen molar-refractivity contribution < 1.29 is 4.79 Å². The molecule has 0 unspecified atom stereocenters. The number of nitrogens with one attached hydrogen (secondary N) is 1. The van der Waals surface area contributed by atoms with Gasteiger partial charge in [-0.05, 0) is 60.1 Å². The number of aromatic nitrogens is 2. The topological polar surface area (TPSA) is 58.1 Å². The minimum Gasteiger partial charge on any atom is -0.323 e. The van der Waals surface area contributed by atoms with Gasteiger partial charge < -0.3 is 10.2 Å². The minimum absolute atomic E-state index is 0.231. The van der Waals surface area contributed by atoms with Gasteiger partial charge in [-0.3, -0.25) is 0 Å². The molecular weight excluding hydrogens is 415 g/mol. The summed E-state index contributed by atoms with van der Waals surface area (Å²) in [6.07, 6.45) is 3.41. The van der Waals surface area contributed by atoms with E-state index < -0.39 is 0 Å². The summed E-state index contributed by atoms with van der Waals surface area (Å²) in [7, 11) is 1.71. The average molecular weight is 433 g/mol. The smallest absolute Gasteiger partial charge is 0.321 e. The van der Waals surface area contributed by atoms with E-state index in [4.69, 9.17) is 23.2 Å². The molecule has 2 aromatic carbocycles. The summed E-state index contributed by atoms with van der Waals surface area (Å²) in [5.74, 6) is 0. The summed E-state index contributed by atoms with van der Waals surface area (Å²) in [6.45, 7) is 2.29. The molecule has 0 bridgehead atoms. The van der Waals surface area contributed by atoms with Crippen molar-refractivity contribution in [3.63, 3.8) is 0 Å². The highest BCUT2D eigenvalue weighted by atomic mass is 35.5. The van der Waals surface area contributed by atoms with Crippen LogP contribution >= 0.6 is 35.0 Å². The molecule has 0 aliphatic heterocycles. The lowest BCUT2D eigenvalue weighted by Gasteiger charge is -2.20. The quantitative estimate of drug-likeness (QED) is 0.509. The van der Waals surface area contributed by atoms with Gasteiger partial charge in [0.1, 0.15) is 0 Å². The van der Waals surface area contributed by atoms with Gasteiger partial charge in [0.2, 0.25) is 0 Å². The zero-order valence-electron chi connectivity index (χ0n) is 15.3. The second-order valence-electron chi connectivity index (χ2n) is 6.11. The monoisotopic (exact) mass is 432 g/mol. The highest BCUT2D eigenvalue weighted by Crippen LogP contribution is 2.29. The van der Waals surface area contributed by atoms with E-state index in [0.29, 0.717) is 21.7 Å². The summed E-state index contributed by atoms with van der Waals surface area (Å²) in [5, 5.41) is 4.54. The second-order valence-corrected chi connectivity index (χ2v) is 7.94. The number of carbonyl (C=O) groups excluding carboxylic acids is 1. The Kier molecular flexibility index (Phi) is 6.78. The minimum atomic E-state index is -0.231. The standard InChI is InChI=1S/C20H18Cl2N4OS/c1-13-11-15(28-19-23-9-4-10-24-19)7-8-17(13)25-20(27)26(2)12-14-5-3-6-16(21)18(14)22/h3-11H,12H2,1-2H3,(H,25,27). The van der Waals surface area contributed by atoms with Crippen LogP contribution in [-0.4, -0.2) is 27.9 Å². The van der Waals surface area contributed by atoms with E-state index in [9.17, 15) is 4.79 Å². The average Bonchev–Trinajstić information content (AvgIpc) is 2.68. The summed E-state index contributed by atoms with van der Waals surface area (Å²) >= 11 is 13.7. The van der Waals surface area contributed by atoms with E-state index in [-0.39, 0.29) is 6.03 Å². The lowest BCUT2D eigenvalue weighted by molar-refractivity contribution is 0.220. The molecule has 1 aromatic heterocycles. The van der Waals surface area contributed by atoms with E-state index in [0.717, 1.165) is 21.7 Å². The third-order valence-corrected chi connectivity index (χ3v) is 5.72. The summed E-state index contributed by atoms with van der Waals surface area (Å²) in [4.78, 5) is 23.5. The van der Waals surface area contributed by atoms with Gasteiger partial charge in [-0.2, -0.15) is 0 Å². The maximum Gasteiger partial charge on any atom is 0.321 e. The summed E-state index contributed by atoms with van der Waals surface area (Å²) < 4.78 is 0. The molecular formula is C20H18Cl2N4OS. The predicted octanol–water partition coefficient (Wildman–Crippen LogP) is 5.91. The first-order valence-electron chi connectivity index (χ1n) is 8.44. The molecule has 0 spiro atoms. The Morgan fingerprint density at radius 3 is 2.61 bits per heavy atom. The van der Waals surface area contributed by atoms with E-state index in [1.165, 1.54) is 11.8 Å². The van der Waals surface area contributed by atoms with E-state index in [1.807, 2.05) is 37.3 Å². The van der Waals surface area contributed by atoms with Gasteiger partial charge in [0.25, 0.3) is 0 Å². The zero-order chi connectivity index (χ0) is 20.1. The largest absolute Gasteiger partial charge is 0.323 e. The number of benzene rings is 2. The summed E-state index contributed by atoms with van der Waals surface area (Å²) in [6, 6.07) is 12.7. The third kappa shape index (κ3) is 5.16. The molecule has 28 heavy (non-hydrogen) atoms. The van der Waals surface area contributed by atoms with Gasteiger partial charge in [0, 0.05) is 36.6 Å². The van der Waals surface area contributed by atoms with Crippen molar-refractivity contribution in [2.75, 3.05) is 12.4 Å². The molecule has 1 heterocycles. The van der Waals surface area contributed by atoms with E-state index in [2.05, 4.69) is 15.3 Å². The highest BCUT2D eigenvalue weighted by Gasteiger charge is 2.14. The van der Waals surface area contributed by atoms with Crippen LogP contribution in [0.15, 0.2) is 64.9 Å². The molecule has 5 nitrogen and oxygen atoms in total. The van der Waals surface area contributed by atoms with Crippen LogP contribution in [0.25, 0.3) is 0 Å². The van der Waals surface area contributed by atoms with Crippen LogP contribution in [0.4, 0.5) is 10.5 Å². The number of amides is 2. The first-order chi connectivity index (χ1) is 13.4. The zero-order valence-corrected chi connectivity index (χ0v) is 17.6. The third-order valence-electron chi connectivity index (χ3n) is 3.98. The van der Waals surface area contributed by atoms with Crippen LogP contribution in [0.2, 0.25) is 10.0 Å². The van der Waals surface area contributed by atoms with Gasteiger partial charge in [-0.25, -0.2) is 14.8 Å². The van der Waals surface area contributed by atoms with Crippen LogP contribution in [0.3, 0.4) is 0 Å². The van der Waals surface area contributed by atoms with Crippen LogP contribution in [0.5, 0.6) is 0 Å². The van der Waals surface area contributed by atoms with E-state index in [1.54, 1.807) is 36.5 Å². The number of hydrogen-bond acceptors (Lipinski definition) is 4. The highest BCUT2D eigenvalue weighted by molar-refractivity contribution is 7.99. The lowest BCUT2D eigenvalue weighted by atomic mass is 10.2. The van der Waals surface area contributed by atoms with Crippen molar-refractivity contribution >= 4 is 46.7 Å². The Bertz CT molecular complexity index is 985. The predicted molar refractivity (Wildman–Crippen MR) is 114 cm³/mol. The Balaban J connectivity index is 1.65. The molecule has 8 heteroatoms. The number of aryl methyl sites for hydroxylation is 1. The van der Waals surface area contributed by atoms with Crippen LogP contribution in [0.1, 0.15) is 11.1 Å². The van der Waals surface area contributed by atoms with Gasteiger partial charge in [-0.15, -0.1) is 0 Å². The number of nitrogens with zero attached hydrogens (tertiary/aromatic N) is 3. The first-order valence-corrected chi connectivity index (χ1v) is 10.0. The van der Waals surface area contributed by atoms with Gasteiger partial charge in [-0.1, -0.05) is 35.3 Å². The van der Waals surface area contributed by atoms with Crippen molar-refractivity contribution in [3.05, 3.63) is 76.0 Å². The molecule has 2 amide bonds. The lowest BCUT2D eigenvalue weighted by Crippen LogP contribution is -2.31. The SMILES string of the molecule is Cc1cc(Sc2ncccn2)ccc1NC(=O)N(C)Cc1cccc(Cl)c1Cl. The molecule has 0 radical (unpaired) electrons. The Morgan fingerprint density at radius 1 is 1.14 bits per heavy atom. The molecule has 0 aliphatic rings. The molecule has 144 valence electrons. The second kappa shape index (κ2) is 9.28. The first kappa shape index (κ1) is 20.5. The molecule has 0 saturated heterocycles. The van der Waals surface area contributed by atoms with Crippen molar-refractivity contribution in [2.45, 2.75) is 23.5 Å². The molecule has 0 aliphatic carbocycles. The number of halogens is 2. The number of rotatable bonds is 5. The Labute approximate surface area is 178 Å². The fourth-order valence-corrected chi connectivity index (χ4v) is 3.68. The van der Waals surface area contributed by atoms with Gasteiger partial charge >= 0.3 is 6.03 Å². The van der Waals surface area contributed by atoms with Crippen molar-refractivity contribution in [1.29, 1.82) is 0 Å². The van der Waals surface area contributed by atoms with Gasteiger partial charge in [0.05, 0.1) is 10.0 Å². The Morgan fingerprint density at radius 2 is 1.89 bits per heavy atom. The normalized spacial score (nSPS) is 10.6. The van der Waals surface area contributed by atoms with E-state index >= 15 is 0 Å². The fraction of sp³-hybridized carbons (Fsp3) is 0.150. The maximum atomic E-state index is 12.6. The number of anilines is 1. The molecule has 0 fully saturated rings. The maximum absolute atomic E-state index is 12.6. The number of carbonyl (C=O) groups is 1. The molecule has 3 rings (SSSR count). The van der Waals surface area contributed by atoms with Crippen LogP contribution in [0, 0.1) is 6.92 Å².